The lowest BCUT2D eigenvalue weighted by atomic mass is 9.92. The average molecular weight is 299 g/mol. The van der Waals surface area contributed by atoms with Crippen molar-refractivity contribution in [3.63, 3.8) is 0 Å². The smallest absolute Gasteiger partial charge is 0.327 e. The summed E-state index contributed by atoms with van der Waals surface area (Å²) in [6.07, 6.45) is -11.3. The summed E-state index contributed by atoms with van der Waals surface area (Å²) >= 11 is 0. The third kappa shape index (κ3) is 4.13. The van der Waals surface area contributed by atoms with Crippen LogP contribution in [0.5, 0.6) is 0 Å². The van der Waals surface area contributed by atoms with Crippen molar-refractivity contribution in [3.8, 4) is 0 Å². The van der Waals surface area contributed by atoms with E-state index in [0.29, 0.717) is 5.56 Å². The Bertz CT molecular complexity index is 449. The maximum atomic E-state index is 12.5. The summed E-state index contributed by atoms with van der Waals surface area (Å²) < 4.78 is 75.1. The molecule has 0 aliphatic heterocycles. The van der Waals surface area contributed by atoms with Crippen LogP contribution in [0.4, 0.5) is 26.3 Å². The predicted octanol–water partition coefficient (Wildman–Crippen LogP) is 3.91. The molecule has 1 atom stereocenters. The third-order valence-electron chi connectivity index (χ3n) is 3.18. The van der Waals surface area contributed by atoms with Gasteiger partial charge in [-0.1, -0.05) is 18.2 Å². The molecular formula is C13H15F6N. The summed E-state index contributed by atoms with van der Waals surface area (Å²) in [5.41, 5.74) is 7.24. The van der Waals surface area contributed by atoms with E-state index >= 15 is 0 Å². The second kappa shape index (κ2) is 5.63. The maximum Gasteiger partial charge on any atom is 0.402 e. The highest BCUT2D eigenvalue weighted by Crippen LogP contribution is 2.41. The van der Waals surface area contributed by atoms with Crippen LogP contribution in [0.3, 0.4) is 0 Å². The van der Waals surface area contributed by atoms with E-state index in [2.05, 4.69) is 0 Å². The number of hydrogen-bond acceptors (Lipinski definition) is 1. The third-order valence-corrected chi connectivity index (χ3v) is 3.18. The van der Waals surface area contributed by atoms with Gasteiger partial charge < -0.3 is 5.73 Å². The predicted molar refractivity (Wildman–Crippen MR) is 63.2 cm³/mol. The SMILES string of the molecule is Cc1ccc(CC(N)C(C(F)(F)F)C(F)(F)F)cc1C. The van der Waals surface area contributed by atoms with Crippen LogP contribution in [0.2, 0.25) is 0 Å². The number of aryl methyl sites for hydroxylation is 2. The van der Waals surface area contributed by atoms with Gasteiger partial charge in [-0.05, 0) is 37.0 Å². The standard InChI is InChI=1S/C13H15F6N/c1-7-3-4-9(5-8(7)2)6-10(20)11(12(14,15)16)13(17,18)19/h3-5,10-11H,6,20H2,1-2H3. The van der Waals surface area contributed by atoms with Gasteiger partial charge in [0.25, 0.3) is 0 Å². The minimum atomic E-state index is -5.41. The zero-order valence-electron chi connectivity index (χ0n) is 10.9. The first-order valence-corrected chi connectivity index (χ1v) is 5.88. The van der Waals surface area contributed by atoms with Crippen LogP contribution < -0.4 is 5.73 Å². The van der Waals surface area contributed by atoms with Gasteiger partial charge >= 0.3 is 12.4 Å². The second-order valence-corrected chi connectivity index (χ2v) is 4.85. The molecule has 0 bridgehead atoms. The van der Waals surface area contributed by atoms with Crippen LogP contribution in [0, 0.1) is 19.8 Å². The van der Waals surface area contributed by atoms with E-state index < -0.39 is 30.7 Å². The van der Waals surface area contributed by atoms with Crippen molar-refractivity contribution >= 4 is 0 Å². The monoisotopic (exact) mass is 299 g/mol. The van der Waals surface area contributed by atoms with Gasteiger partial charge in [-0.15, -0.1) is 0 Å². The Labute approximate surface area is 112 Å². The zero-order valence-corrected chi connectivity index (χ0v) is 10.9. The van der Waals surface area contributed by atoms with Gasteiger partial charge in [-0.3, -0.25) is 0 Å². The highest BCUT2D eigenvalue weighted by atomic mass is 19.4. The van der Waals surface area contributed by atoms with E-state index in [9.17, 15) is 26.3 Å². The van der Waals surface area contributed by atoms with Crippen molar-refractivity contribution < 1.29 is 26.3 Å². The number of benzene rings is 1. The van der Waals surface area contributed by atoms with Gasteiger partial charge in [0.1, 0.15) is 0 Å². The van der Waals surface area contributed by atoms with Gasteiger partial charge in [0.2, 0.25) is 0 Å². The molecule has 0 heterocycles. The molecule has 0 aliphatic rings. The molecule has 1 aromatic carbocycles. The average Bonchev–Trinajstić information content (AvgIpc) is 2.18. The van der Waals surface area contributed by atoms with Crippen LogP contribution in [0.25, 0.3) is 0 Å². The summed E-state index contributed by atoms with van der Waals surface area (Å²) in [5.74, 6) is -3.52. The van der Waals surface area contributed by atoms with E-state index in [1.807, 2.05) is 0 Å². The van der Waals surface area contributed by atoms with Gasteiger partial charge in [0, 0.05) is 6.04 Å². The van der Waals surface area contributed by atoms with Crippen molar-refractivity contribution in [2.24, 2.45) is 11.7 Å². The highest BCUT2D eigenvalue weighted by molar-refractivity contribution is 5.30. The molecule has 0 saturated heterocycles. The number of rotatable bonds is 3. The Morgan fingerprint density at radius 3 is 1.85 bits per heavy atom. The Kier molecular flexibility index (Phi) is 4.74. The Hall–Kier alpha value is -1.24. The summed E-state index contributed by atoms with van der Waals surface area (Å²) in [7, 11) is 0. The molecule has 0 radical (unpaired) electrons. The molecule has 20 heavy (non-hydrogen) atoms. The molecule has 1 aromatic rings. The van der Waals surface area contributed by atoms with Gasteiger partial charge in [0.05, 0.1) is 0 Å². The molecule has 0 aromatic heterocycles. The topological polar surface area (TPSA) is 26.0 Å². The summed E-state index contributed by atoms with van der Waals surface area (Å²) in [4.78, 5) is 0. The Morgan fingerprint density at radius 1 is 0.950 bits per heavy atom. The van der Waals surface area contributed by atoms with Crippen molar-refractivity contribution in [3.05, 3.63) is 34.9 Å². The quantitative estimate of drug-likeness (QED) is 0.841. The van der Waals surface area contributed by atoms with E-state index in [0.717, 1.165) is 11.1 Å². The molecule has 1 nitrogen and oxygen atoms in total. The lowest BCUT2D eigenvalue weighted by molar-refractivity contribution is -0.289. The van der Waals surface area contributed by atoms with Crippen molar-refractivity contribution in [1.82, 2.24) is 0 Å². The molecule has 0 fully saturated rings. The lowest BCUT2D eigenvalue weighted by Gasteiger charge is -2.28. The van der Waals surface area contributed by atoms with Gasteiger partial charge in [-0.2, -0.15) is 26.3 Å². The number of hydrogen-bond donors (Lipinski definition) is 1. The minimum absolute atomic E-state index is 0.360. The molecule has 114 valence electrons. The van der Waals surface area contributed by atoms with Crippen LogP contribution in [-0.2, 0) is 6.42 Å². The molecule has 2 N–H and O–H groups in total. The molecular weight excluding hydrogens is 284 g/mol. The van der Waals surface area contributed by atoms with Crippen molar-refractivity contribution in [1.29, 1.82) is 0 Å². The molecule has 0 amide bonds. The molecule has 1 rings (SSSR count). The van der Waals surface area contributed by atoms with E-state index in [-0.39, 0.29) is 0 Å². The minimum Gasteiger partial charge on any atom is -0.327 e. The first-order valence-electron chi connectivity index (χ1n) is 5.88. The Morgan fingerprint density at radius 2 is 1.45 bits per heavy atom. The van der Waals surface area contributed by atoms with E-state index in [1.54, 1.807) is 26.0 Å². The summed E-state index contributed by atoms with van der Waals surface area (Å²) in [5, 5.41) is 0. The van der Waals surface area contributed by atoms with Crippen LogP contribution in [0.15, 0.2) is 18.2 Å². The molecule has 1 unspecified atom stereocenters. The zero-order chi connectivity index (χ0) is 15.7. The van der Waals surface area contributed by atoms with Crippen LogP contribution in [0.1, 0.15) is 16.7 Å². The van der Waals surface area contributed by atoms with Crippen molar-refractivity contribution in [2.75, 3.05) is 0 Å². The molecule has 0 saturated carbocycles. The largest absolute Gasteiger partial charge is 0.402 e. The molecule has 0 aliphatic carbocycles. The first kappa shape index (κ1) is 16.8. The second-order valence-electron chi connectivity index (χ2n) is 4.85. The van der Waals surface area contributed by atoms with E-state index in [1.165, 1.54) is 6.07 Å². The maximum absolute atomic E-state index is 12.5. The Balaban J connectivity index is 2.97. The normalized spacial score (nSPS) is 14.7. The van der Waals surface area contributed by atoms with Gasteiger partial charge in [-0.25, -0.2) is 0 Å². The molecule has 7 heteroatoms. The molecule has 0 spiro atoms. The summed E-state index contributed by atoms with van der Waals surface area (Å²) in [6, 6.07) is 2.63. The first-order chi connectivity index (χ1) is 8.93. The van der Waals surface area contributed by atoms with E-state index in [4.69, 9.17) is 5.73 Å². The van der Waals surface area contributed by atoms with Gasteiger partial charge in [0.15, 0.2) is 5.92 Å². The number of alkyl halides is 6. The van der Waals surface area contributed by atoms with Crippen LogP contribution in [-0.4, -0.2) is 18.4 Å². The fraction of sp³-hybridized carbons (Fsp3) is 0.538. The fourth-order valence-electron chi connectivity index (χ4n) is 1.99. The highest BCUT2D eigenvalue weighted by Gasteiger charge is 2.59. The van der Waals surface area contributed by atoms with Crippen molar-refractivity contribution in [2.45, 2.75) is 38.7 Å². The fourth-order valence-corrected chi connectivity index (χ4v) is 1.99. The van der Waals surface area contributed by atoms with Crippen LogP contribution >= 0.6 is 0 Å². The lowest BCUT2D eigenvalue weighted by Crippen LogP contribution is -2.49. The number of halogens is 6. The number of nitrogens with two attached hydrogens (primary N) is 1. The summed E-state index contributed by atoms with van der Waals surface area (Å²) in [6.45, 7) is 3.53.